The molecule has 0 saturated carbocycles. The molecule has 5 nitrogen and oxygen atoms in total. The molecule has 0 aliphatic carbocycles. The second kappa shape index (κ2) is 8.66. The normalized spacial score (nSPS) is 12.0. The molecule has 9 heteroatoms. The summed E-state index contributed by atoms with van der Waals surface area (Å²) in [5.41, 5.74) is 0.812. The van der Waals surface area contributed by atoms with Gasteiger partial charge in [-0.25, -0.2) is 4.34 Å². The Hall–Kier alpha value is -0.610. The molecule has 0 radical (unpaired) electrons. The highest BCUT2D eigenvalue weighted by atomic mass is 79.9. The SMILES string of the molecule is O=C(O)[C@H](Cc1cc(Br)c(Oc2ccc(O)c(Br)c2)c(Br)c1)NBr. The average Bonchev–Trinajstić information content (AvgIpc) is 2.51. The van der Waals surface area contributed by atoms with Crippen molar-refractivity contribution in [3.05, 3.63) is 49.3 Å². The van der Waals surface area contributed by atoms with Crippen molar-refractivity contribution in [2.45, 2.75) is 12.5 Å². The molecule has 0 aromatic heterocycles. The summed E-state index contributed by atoms with van der Waals surface area (Å²) in [6, 6.07) is 7.67. The molecule has 0 unspecified atom stereocenters. The number of rotatable bonds is 6. The minimum atomic E-state index is -0.951. The van der Waals surface area contributed by atoms with Crippen molar-refractivity contribution in [3.63, 3.8) is 0 Å². The highest BCUT2D eigenvalue weighted by Gasteiger charge is 2.18. The lowest BCUT2D eigenvalue weighted by molar-refractivity contribution is -0.138. The van der Waals surface area contributed by atoms with Crippen LogP contribution in [0.15, 0.2) is 43.7 Å². The zero-order valence-corrected chi connectivity index (χ0v) is 18.2. The van der Waals surface area contributed by atoms with Crippen molar-refractivity contribution < 1.29 is 19.7 Å². The monoisotopic (exact) mass is 585 g/mol. The Morgan fingerprint density at radius 3 is 2.25 bits per heavy atom. The maximum atomic E-state index is 11.1. The van der Waals surface area contributed by atoms with E-state index in [1.165, 1.54) is 6.07 Å². The van der Waals surface area contributed by atoms with Gasteiger partial charge in [-0.2, -0.15) is 0 Å². The first-order valence-corrected chi connectivity index (χ1v) is 9.72. The van der Waals surface area contributed by atoms with Crippen molar-refractivity contribution in [2.75, 3.05) is 0 Å². The molecule has 2 aromatic carbocycles. The lowest BCUT2D eigenvalue weighted by Gasteiger charge is -2.14. The lowest BCUT2D eigenvalue weighted by atomic mass is 10.1. The predicted octanol–water partition coefficient (Wildman–Crippen LogP) is 5.37. The van der Waals surface area contributed by atoms with Gasteiger partial charge in [0.05, 0.1) is 13.4 Å². The van der Waals surface area contributed by atoms with E-state index < -0.39 is 12.0 Å². The first-order chi connectivity index (χ1) is 11.3. The largest absolute Gasteiger partial charge is 0.507 e. The number of aromatic hydroxyl groups is 1. The number of hydrogen-bond donors (Lipinski definition) is 3. The van der Waals surface area contributed by atoms with Crippen molar-refractivity contribution in [1.29, 1.82) is 0 Å². The average molecular weight is 589 g/mol. The fourth-order valence-corrected chi connectivity index (χ4v) is 4.06. The van der Waals surface area contributed by atoms with Crippen LogP contribution in [-0.2, 0) is 11.2 Å². The van der Waals surface area contributed by atoms with E-state index in [4.69, 9.17) is 9.84 Å². The number of ether oxygens (including phenoxy) is 1. The van der Waals surface area contributed by atoms with Crippen LogP contribution in [0, 0.1) is 0 Å². The van der Waals surface area contributed by atoms with Gasteiger partial charge in [-0.15, -0.1) is 0 Å². The zero-order chi connectivity index (χ0) is 17.9. The Bertz CT molecular complexity index is 746. The molecule has 128 valence electrons. The zero-order valence-electron chi connectivity index (χ0n) is 11.9. The van der Waals surface area contributed by atoms with Crippen molar-refractivity contribution >= 4 is 69.9 Å². The fourth-order valence-electron chi connectivity index (χ4n) is 1.90. The highest BCUT2D eigenvalue weighted by molar-refractivity contribution is 9.11. The standard InChI is InChI=1S/C15H11Br4NO4/c16-9-6-8(1-2-13(9)21)24-14-10(17)3-7(4-11(14)18)5-12(20-19)15(22)23/h1-4,6,12,20-21H,5H2,(H,22,23)/t12-/m0/s1. The Morgan fingerprint density at radius 2 is 1.75 bits per heavy atom. The van der Waals surface area contributed by atoms with E-state index in [2.05, 4.69) is 68.3 Å². The summed E-state index contributed by atoms with van der Waals surface area (Å²) in [6.45, 7) is 0. The summed E-state index contributed by atoms with van der Waals surface area (Å²) < 4.78 is 10.3. The summed E-state index contributed by atoms with van der Waals surface area (Å²) in [7, 11) is 0. The van der Waals surface area contributed by atoms with E-state index in [0.29, 0.717) is 31.3 Å². The molecule has 0 fully saturated rings. The maximum Gasteiger partial charge on any atom is 0.321 e. The number of hydrogen-bond acceptors (Lipinski definition) is 4. The van der Waals surface area contributed by atoms with Gasteiger partial charge in [0.15, 0.2) is 5.75 Å². The van der Waals surface area contributed by atoms with Crippen LogP contribution in [0.3, 0.4) is 0 Å². The number of carboxylic acids is 1. The second-order valence-corrected chi connectivity index (χ2v) is 7.83. The van der Waals surface area contributed by atoms with Crippen LogP contribution in [0.5, 0.6) is 17.2 Å². The molecular weight excluding hydrogens is 578 g/mol. The third kappa shape index (κ3) is 4.95. The number of aliphatic carboxylic acids is 1. The van der Waals surface area contributed by atoms with Gasteiger partial charge < -0.3 is 14.9 Å². The van der Waals surface area contributed by atoms with Crippen LogP contribution < -0.4 is 9.08 Å². The van der Waals surface area contributed by atoms with Gasteiger partial charge >= 0.3 is 5.97 Å². The molecular formula is C15H11Br4NO4. The molecule has 2 rings (SSSR count). The van der Waals surface area contributed by atoms with Crippen molar-refractivity contribution in [2.24, 2.45) is 0 Å². The number of benzene rings is 2. The van der Waals surface area contributed by atoms with E-state index in [1.807, 2.05) is 0 Å². The summed E-state index contributed by atoms with van der Waals surface area (Å²) in [5, 5.41) is 18.6. The smallest absolute Gasteiger partial charge is 0.321 e. The van der Waals surface area contributed by atoms with Crippen LogP contribution in [-0.4, -0.2) is 22.2 Å². The van der Waals surface area contributed by atoms with E-state index in [1.54, 1.807) is 24.3 Å². The van der Waals surface area contributed by atoms with Crippen LogP contribution in [0.4, 0.5) is 0 Å². The van der Waals surface area contributed by atoms with E-state index >= 15 is 0 Å². The maximum absolute atomic E-state index is 11.1. The number of nitrogens with one attached hydrogen (secondary N) is 1. The summed E-state index contributed by atoms with van der Waals surface area (Å²) >= 11 is 13.1. The highest BCUT2D eigenvalue weighted by Crippen LogP contribution is 2.39. The minimum absolute atomic E-state index is 0.123. The van der Waals surface area contributed by atoms with E-state index in [9.17, 15) is 9.90 Å². The Balaban J connectivity index is 2.26. The summed E-state index contributed by atoms with van der Waals surface area (Å²) in [5.74, 6) is 0.264. The van der Waals surface area contributed by atoms with Crippen LogP contribution in [0.25, 0.3) is 0 Å². The van der Waals surface area contributed by atoms with E-state index in [0.717, 1.165) is 5.56 Å². The molecule has 24 heavy (non-hydrogen) atoms. The van der Waals surface area contributed by atoms with Crippen LogP contribution >= 0.6 is 63.9 Å². The van der Waals surface area contributed by atoms with Gasteiger partial charge in [0, 0.05) is 16.1 Å². The van der Waals surface area contributed by atoms with Crippen molar-refractivity contribution in [1.82, 2.24) is 4.34 Å². The third-order valence-electron chi connectivity index (χ3n) is 3.07. The number of phenols is 1. The molecule has 0 aliphatic rings. The molecule has 3 N–H and O–H groups in total. The van der Waals surface area contributed by atoms with E-state index in [-0.39, 0.29) is 5.75 Å². The first kappa shape index (κ1) is 19.7. The van der Waals surface area contributed by atoms with Gasteiger partial charge in [0.1, 0.15) is 17.5 Å². The predicted molar refractivity (Wildman–Crippen MR) is 105 cm³/mol. The van der Waals surface area contributed by atoms with Gasteiger partial charge in [-0.05, 0) is 90.1 Å². The van der Waals surface area contributed by atoms with Gasteiger partial charge in [0.2, 0.25) is 0 Å². The molecule has 0 spiro atoms. The number of carboxylic acid groups (broad SMARTS) is 1. The van der Waals surface area contributed by atoms with Gasteiger partial charge in [-0.1, -0.05) is 0 Å². The Labute approximate surface area is 172 Å². The molecule has 0 aliphatic heterocycles. The molecule has 0 saturated heterocycles. The molecule has 2 aromatic rings. The molecule has 0 bridgehead atoms. The van der Waals surface area contributed by atoms with Crippen molar-refractivity contribution in [3.8, 4) is 17.2 Å². The number of carbonyl (C=O) groups is 1. The molecule has 0 heterocycles. The van der Waals surface area contributed by atoms with Gasteiger partial charge in [-0.3, -0.25) is 4.79 Å². The number of phenolic OH excluding ortho intramolecular Hbond substituents is 1. The summed E-state index contributed by atoms with van der Waals surface area (Å²) in [4.78, 5) is 11.1. The second-order valence-electron chi connectivity index (χ2n) is 4.81. The Morgan fingerprint density at radius 1 is 1.12 bits per heavy atom. The number of halogens is 4. The van der Waals surface area contributed by atoms with Gasteiger partial charge in [0.25, 0.3) is 0 Å². The summed E-state index contributed by atoms with van der Waals surface area (Å²) in [6.07, 6.45) is 0.294. The lowest BCUT2D eigenvalue weighted by Crippen LogP contribution is -2.32. The van der Waals surface area contributed by atoms with Crippen LogP contribution in [0.1, 0.15) is 5.56 Å². The van der Waals surface area contributed by atoms with Crippen LogP contribution in [0.2, 0.25) is 0 Å². The first-order valence-electron chi connectivity index (χ1n) is 6.55. The molecule has 0 amide bonds. The fraction of sp³-hybridized carbons (Fsp3) is 0.133. The molecule has 1 atom stereocenters. The third-order valence-corrected chi connectivity index (χ3v) is 5.43. The quantitative estimate of drug-likeness (QED) is 0.396. The topological polar surface area (TPSA) is 78.8 Å². The minimum Gasteiger partial charge on any atom is -0.507 e. The Kier molecular flexibility index (Phi) is 7.11.